The number of anilines is 1. The number of fused-ring (bicyclic) bond motifs is 1. The number of hydrogen-bond donors (Lipinski definition) is 3. The summed E-state index contributed by atoms with van der Waals surface area (Å²) in [6.45, 7) is 0. The van der Waals surface area contributed by atoms with Gasteiger partial charge in [0.15, 0.2) is 5.11 Å². The smallest absolute Gasteiger partial charge is 0.258 e. The van der Waals surface area contributed by atoms with E-state index in [1.54, 1.807) is 6.07 Å². The molecule has 0 atom stereocenters. The van der Waals surface area contributed by atoms with Gasteiger partial charge in [-0.1, -0.05) is 23.2 Å². The van der Waals surface area contributed by atoms with Gasteiger partial charge in [0.1, 0.15) is 5.00 Å². The van der Waals surface area contributed by atoms with Crippen LogP contribution in [0.3, 0.4) is 0 Å². The molecule has 1 aliphatic carbocycles. The lowest BCUT2D eigenvalue weighted by Gasteiger charge is -2.11. The molecular weight excluding hydrogens is 401 g/mol. The van der Waals surface area contributed by atoms with Crippen LogP contribution >= 0.6 is 46.8 Å². The minimum Gasteiger partial charge on any atom is -0.365 e. The highest BCUT2D eigenvalue weighted by atomic mass is 35.5. The number of nitrogens with one attached hydrogen (secondary N) is 2. The van der Waals surface area contributed by atoms with Gasteiger partial charge in [0.05, 0.1) is 16.1 Å². The Morgan fingerprint density at radius 3 is 2.72 bits per heavy atom. The summed E-state index contributed by atoms with van der Waals surface area (Å²) in [5.41, 5.74) is 7.14. The lowest BCUT2D eigenvalue weighted by Crippen LogP contribution is -2.34. The van der Waals surface area contributed by atoms with E-state index in [0.717, 1.165) is 29.7 Å². The van der Waals surface area contributed by atoms with Crippen LogP contribution < -0.4 is 16.4 Å². The van der Waals surface area contributed by atoms with Crippen LogP contribution in [0.2, 0.25) is 10.0 Å². The lowest BCUT2D eigenvalue weighted by molar-refractivity contribution is 0.0975. The van der Waals surface area contributed by atoms with E-state index in [2.05, 4.69) is 10.6 Å². The number of carbonyl (C=O) groups excluding carboxylic acids is 2. The van der Waals surface area contributed by atoms with Crippen molar-refractivity contribution in [3.05, 3.63) is 49.8 Å². The number of hydrogen-bond acceptors (Lipinski definition) is 4. The Kier molecular flexibility index (Phi) is 5.29. The normalized spacial score (nSPS) is 12.6. The van der Waals surface area contributed by atoms with Crippen molar-refractivity contribution in [3.63, 3.8) is 0 Å². The molecule has 0 saturated heterocycles. The van der Waals surface area contributed by atoms with Crippen molar-refractivity contribution in [1.82, 2.24) is 5.32 Å². The Hall–Kier alpha value is -1.67. The summed E-state index contributed by atoms with van der Waals surface area (Å²) < 4.78 is 0. The summed E-state index contributed by atoms with van der Waals surface area (Å²) >= 11 is 18.5. The SMILES string of the molecule is NC(=O)c1c(NC(=S)NC(=O)c2cc(Cl)ccc2Cl)sc2c1CCC2. The molecule has 4 N–H and O–H groups in total. The quantitative estimate of drug-likeness (QED) is 0.668. The number of thiocarbonyl (C=S) groups is 1. The van der Waals surface area contributed by atoms with Crippen molar-refractivity contribution >= 4 is 68.7 Å². The van der Waals surface area contributed by atoms with E-state index >= 15 is 0 Å². The highest BCUT2D eigenvalue weighted by molar-refractivity contribution is 7.80. The summed E-state index contributed by atoms with van der Waals surface area (Å²) in [6.07, 6.45) is 2.75. The molecule has 0 bridgehead atoms. The summed E-state index contributed by atoms with van der Waals surface area (Å²) in [5, 5.41) is 6.70. The maximum Gasteiger partial charge on any atom is 0.258 e. The summed E-state index contributed by atoms with van der Waals surface area (Å²) in [7, 11) is 0. The number of nitrogens with two attached hydrogens (primary N) is 1. The summed E-state index contributed by atoms with van der Waals surface area (Å²) in [5.74, 6) is -0.997. The fourth-order valence-corrected chi connectivity index (χ4v) is 4.66. The number of carbonyl (C=O) groups is 2. The van der Waals surface area contributed by atoms with Crippen LogP contribution in [0.25, 0.3) is 0 Å². The molecule has 2 amide bonds. The molecule has 130 valence electrons. The van der Waals surface area contributed by atoms with Gasteiger partial charge in [-0.3, -0.25) is 14.9 Å². The van der Waals surface area contributed by atoms with Crippen LogP contribution in [0.1, 0.15) is 37.6 Å². The first-order valence-electron chi connectivity index (χ1n) is 7.38. The number of benzene rings is 1. The van der Waals surface area contributed by atoms with Gasteiger partial charge in [-0.2, -0.15) is 0 Å². The monoisotopic (exact) mass is 413 g/mol. The van der Waals surface area contributed by atoms with Gasteiger partial charge in [0, 0.05) is 9.90 Å². The third-order valence-electron chi connectivity index (χ3n) is 3.79. The van der Waals surface area contributed by atoms with Gasteiger partial charge >= 0.3 is 0 Å². The van der Waals surface area contributed by atoms with Crippen molar-refractivity contribution in [3.8, 4) is 0 Å². The largest absolute Gasteiger partial charge is 0.365 e. The predicted molar refractivity (Wildman–Crippen MR) is 105 cm³/mol. The molecule has 0 aliphatic heterocycles. The number of amides is 2. The fourth-order valence-electron chi connectivity index (χ4n) is 2.73. The van der Waals surface area contributed by atoms with Crippen LogP contribution in [-0.4, -0.2) is 16.9 Å². The highest BCUT2D eigenvalue weighted by Gasteiger charge is 2.26. The average molecular weight is 414 g/mol. The minimum atomic E-state index is -0.506. The molecule has 1 aromatic heterocycles. The van der Waals surface area contributed by atoms with E-state index in [1.807, 2.05) is 0 Å². The maximum atomic E-state index is 12.3. The molecule has 2 aromatic rings. The zero-order valence-electron chi connectivity index (χ0n) is 12.8. The molecule has 0 spiro atoms. The number of aryl methyl sites for hydroxylation is 1. The third kappa shape index (κ3) is 3.79. The number of rotatable bonds is 3. The van der Waals surface area contributed by atoms with Crippen LogP contribution in [0.4, 0.5) is 5.00 Å². The second-order valence-electron chi connectivity index (χ2n) is 5.46. The van der Waals surface area contributed by atoms with Crippen molar-refractivity contribution in [2.45, 2.75) is 19.3 Å². The summed E-state index contributed by atoms with van der Waals surface area (Å²) in [4.78, 5) is 25.2. The van der Waals surface area contributed by atoms with E-state index in [9.17, 15) is 9.59 Å². The standard InChI is InChI=1S/C16H13Cl2N3O2S2/c17-7-4-5-10(18)9(6-7)14(23)20-16(24)21-15-12(13(19)22)8-2-1-3-11(8)25-15/h4-6H,1-3H2,(H2,19,22)(H2,20,21,23,24). The molecule has 25 heavy (non-hydrogen) atoms. The maximum absolute atomic E-state index is 12.3. The molecular formula is C16H13Cl2N3O2S2. The molecule has 3 rings (SSSR count). The van der Waals surface area contributed by atoms with E-state index in [4.69, 9.17) is 41.2 Å². The van der Waals surface area contributed by atoms with E-state index in [0.29, 0.717) is 15.6 Å². The first kappa shape index (κ1) is 18.1. The van der Waals surface area contributed by atoms with Crippen molar-refractivity contribution in [1.29, 1.82) is 0 Å². The van der Waals surface area contributed by atoms with E-state index < -0.39 is 11.8 Å². The van der Waals surface area contributed by atoms with Crippen molar-refractivity contribution < 1.29 is 9.59 Å². The van der Waals surface area contributed by atoms with Crippen LogP contribution in [-0.2, 0) is 12.8 Å². The molecule has 5 nitrogen and oxygen atoms in total. The second-order valence-corrected chi connectivity index (χ2v) is 7.82. The molecule has 9 heteroatoms. The number of primary amides is 1. The zero-order valence-corrected chi connectivity index (χ0v) is 16.0. The molecule has 1 aromatic carbocycles. The first-order chi connectivity index (χ1) is 11.9. The van der Waals surface area contributed by atoms with Crippen LogP contribution in [0.15, 0.2) is 18.2 Å². The number of halogens is 2. The van der Waals surface area contributed by atoms with Gasteiger partial charge in [-0.15, -0.1) is 11.3 Å². The summed E-state index contributed by atoms with van der Waals surface area (Å²) in [6, 6.07) is 4.57. The topological polar surface area (TPSA) is 84.2 Å². The molecule has 0 fully saturated rings. The average Bonchev–Trinajstić information content (AvgIpc) is 3.09. The second kappa shape index (κ2) is 7.29. The zero-order chi connectivity index (χ0) is 18.1. The van der Waals surface area contributed by atoms with Gasteiger partial charge in [-0.25, -0.2) is 0 Å². The van der Waals surface area contributed by atoms with Crippen LogP contribution in [0, 0.1) is 0 Å². The van der Waals surface area contributed by atoms with Gasteiger partial charge in [0.25, 0.3) is 11.8 Å². The lowest BCUT2D eigenvalue weighted by atomic mass is 10.1. The van der Waals surface area contributed by atoms with E-state index in [1.165, 1.54) is 23.5 Å². The Morgan fingerprint density at radius 2 is 2.00 bits per heavy atom. The number of thiophene rings is 1. The molecule has 0 radical (unpaired) electrons. The Balaban J connectivity index is 1.76. The van der Waals surface area contributed by atoms with E-state index in [-0.39, 0.29) is 15.7 Å². The fraction of sp³-hybridized carbons (Fsp3) is 0.188. The van der Waals surface area contributed by atoms with Crippen molar-refractivity contribution in [2.75, 3.05) is 5.32 Å². The van der Waals surface area contributed by atoms with Gasteiger partial charge in [-0.05, 0) is 55.2 Å². The molecule has 1 heterocycles. The molecule has 0 saturated carbocycles. The van der Waals surface area contributed by atoms with Crippen molar-refractivity contribution in [2.24, 2.45) is 5.73 Å². The highest BCUT2D eigenvalue weighted by Crippen LogP contribution is 2.38. The van der Waals surface area contributed by atoms with Gasteiger partial charge < -0.3 is 11.1 Å². The van der Waals surface area contributed by atoms with Crippen LogP contribution in [0.5, 0.6) is 0 Å². The minimum absolute atomic E-state index is 0.0588. The Labute approximate surface area is 163 Å². The first-order valence-corrected chi connectivity index (χ1v) is 9.36. The Morgan fingerprint density at radius 1 is 1.24 bits per heavy atom. The predicted octanol–water partition coefficient (Wildman–Crippen LogP) is 3.77. The van der Waals surface area contributed by atoms with Gasteiger partial charge in [0.2, 0.25) is 0 Å². The third-order valence-corrected chi connectivity index (χ3v) is 5.77. The molecule has 0 unspecified atom stereocenters. The molecule has 1 aliphatic rings. The Bertz CT molecular complexity index is 896.